The van der Waals surface area contributed by atoms with E-state index in [9.17, 15) is 0 Å². The summed E-state index contributed by atoms with van der Waals surface area (Å²) in [5.74, 6) is 1.00. The van der Waals surface area contributed by atoms with Crippen molar-refractivity contribution in [3.63, 3.8) is 0 Å². The Morgan fingerprint density at radius 1 is 1.33 bits per heavy atom. The third-order valence-corrected chi connectivity index (χ3v) is 2.33. The maximum Gasteiger partial charge on any atom is 0.166 e. The highest BCUT2D eigenvalue weighted by Crippen LogP contribution is 2.24. The fourth-order valence-electron chi connectivity index (χ4n) is 1.50. The van der Waals surface area contributed by atoms with Gasteiger partial charge in [0.2, 0.25) is 0 Å². The summed E-state index contributed by atoms with van der Waals surface area (Å²) >= 11 is 0. The first kappa shape index (κ1) is 9.73. The standard InChI is InChI=1S/C11H13N3O/c1-15-10-5-8-3-2-7(6-12)4-9(8)14-11(10)13/h2-5H,6,12H2,1H3,(H2,13,14). The van der Waals surface area contributed by atoms with Crippen LogP contribution in [-0.2, 0) is 6.54 Å². The summed E-state index contributed by atoms with van der Waals surface area (Å²) in [4.78, 5) is 4.25. The van der Waals surface area contributed by atoms with Crippen LogP contribution in [0.25, 0.3) is 10.9 Å². The van der Waals surface area contributed by atoms with Gasteiger partial charge < -0.3 is 16.2 Å². The average molecular weight is 203 g/mol. The molecule has 0 radical (unpaired) electrons. The summed E-state index contributed by atoms with van der Waals surface area (Å²) in [6.07, 6.45) is 0. The molecular weight excluding hydrogens is 190 g/mol. The van der Waals surface area contributed by atoms with Crippen LogP contribution in [0.1, 0.15) is 5.56 Å². The molecule has 0 saturated heterocycles. The molecule has 0 unspecified atom stereocenters. The highest BCUT2D eigenvalue weighted by molar-refractivity contribution is 5.83. The number of hydrogen-bond acceptors (Lipinski definition) is 4. The number of ether oxygens (including phenoxy) is 1. The summed E-state index contributed by atoms with van der Waals surface area (Å²) < 4.78 is 5.10. The second kappa shape index (κ2) is 3.74. The molecule has 0 saturated carbocycles. The lowest BCUT2D eigenvalue weighted by Crippen LogP contribution is -1.98. The maximum atomic E-state index is 5.72. The Hall–Kier alpha value is -1.81. The first-order valence-corrected chi connectivity index (χ1v) is 4.68. The third-order valence-electron chi connectivity index (χ3n) is 2.33. The van der Waals surface area contributed by atoms with Crippen molar-refractivity contribution in [2.75, 3.05) is 12.8 Å². The number of aromatic nitrogens is 1. The molecule has 0 aliphatic rings. The zero-order chi connectivity index (χ0) is 10.8. The van der Waals surface area contributed by atoms with Gasteiger partial charge >= 0.3 is 0 Å². The smallest absolute Gasteiger partial charge is 0.166 e. The third kappa shape index (κ3) is 1.71. The van der Waals surface area contributed by atoms with Crippen LogP contribution in [0.15, 0.2) is 24.3 Å². The van der Waals surface area contributed by atoms with Gasteiger partial charge in [-0.2, -0.15) is 0 Å². The van der Waals surface area contributed by atoms with E-state index in [2.05, 4.69) is 4.98 Å². The Balaban J connectivity index is 2.65. The van der Waals surface area contributed by atoms with Gasteiger partial charge in [-0.25, -0.2) is 4.98 Å². The number of pyridine rings is 1. The zero-order valence-corrected chi connectivity index (χ0v) is 8.53. The van der Waals surface area contributed by atoms with Crippen molar-refractivity contribution in [1.29, 1.82) is 0 Å². The largest absolute Gasteiger partial charge is 0.493 e. The molecule has 0 aliphatic carbocycles. The minimum atomic E-state index is 0.402. The first-order valence-electron chi connectivity index (χ1n) is 4.68. The summed E-state index contributed by atoms with van der Waals surface area (Å²) in [6.45, 7) is 0.504. The number of rotatable bonds is 2. The van der Waals surface area contributed by atoms with E-state index in [1.165, 1.54) is 0 Å². The van der Waals surface area contributed by atoms with Crippen molar-refractivity contribution in [2.24, 2.45) is 5.73 Å². The van der Waals surface area contributed by atoms with Crippen LogP contribution < -0.4 is 16.2 Å². The maximum absolute atomic E-state index is 5.72. The quantitative estimate of drug-likeness (QED) is 0.771. The van der Waals surface area contributed by atoms with Gasteiger partial charge in [0, 0.05) is 11.9 Å². The van der Waals surface area contributed by atoms with Gasteiger partial charge in [-0.3, -0.25) is 0 Å². The molecule has 1 aromatic carbocycles. The number of methoxy groups -OCH3 is 1. The van der Waals surface area contributed by atoms with E-state index < -0.39 is 0 Å². The van der Waals surface area contributed by atoms with Crippen molar-refractivity contribution in [2.45, 2.75) is 6.54 Å². The van der Waals surface area contributed by atoms with Crippen LogP contribution in [-0.4, -0.2) is 12.1 Å². The summed E-state index contributed by atoms with van der Waals surface area (Å²) in [5.41, 5.74) is 13.2. The van der Waals surface area contributed by atoms with E-state index in [1.54, 1.807) is 7.11 Å². The molecule has 0 bridgehead atoms. The topological polar surface area (TPSA) is 74.2 Å². The molecule has 4 nitrogen and oxygen atoms in total. The summed E-state index contributed by atoms with van der Waals surface area (Å²) in [5, 5.41) is 0.998. The molecule has 4 N–H and O–H groups in total. The molecule has 2 aromatic rings. The molecule has 0 spiro atoms. The average Bonchev–Trinajstić information content (AvgIpc) is 2.27. The predicted octanol–water partition coefficient (Wildman–Crippen LogP) is 1.28. The zero-order valence-electron chi connectivity index (χ0n) is 8.53. The lowest BCUT2D eigenvalue weighted by atomic mass is 10.1. The van der Waals surface area contributed by atoms with E-state index >= 15 is 0 Å². The molecule has 0 aliphatic heterocycles. The van der Waals surface area contributed by atoms with Gasteiger partial charge in [0.15, 0.2) is 11.6 Å². The number of hydrogen-bond donors (Lipinski definition) is 2. The highest BCUT2D eigenvalue weighted by Gasteiger charge is 2.04. The number of nitrogens with zero attached hydrogens (tertiary/aromatic N) is 1. The molecule has 0 fully saturated rings. The number of anilines is 1. The molecule has 78 valence electrons. The first-order chi connectivity index (χ1) is 7.24. The molecule has 1 heterocycles. The lowest BCUT2D eigenvalue weighted by molar-refractivity contribution is 0.416. The number of nitrogen functional groups attached to an aromatic ring is 1. The van der Waals surface area contributed by atoms with Crippen molar-refractivity contribution in [3.05, 3.63) is 29.8 Å². The van der Waals surface area contributed by atoms with Crippen LogP contribution in [0.5, 0.6) is 5.75 Å². The molecule has 1 aromatic heterocycles. The summed E-state index contributed by atoms with van der Waals surface area (Å²) in [7, 11) is 1.58. The number of nitrogens with two attached hydrogens (primary N) is 2. The van der Waals surface area contributed by atoms with E-state index in [4.69, 9.17) is 16.2 Å². The van der Waals surface area contributed by atoms with E-state index in [0.29, 0.717) is 18.1 Å². The predicted molar refractivity (Wildman–Crippen MR) is 60.6 cm³/mol. The van der Waals surface area contributed by atoms with Crippen molar-refractivity contribution in [3.8, 4) is 5.75 Å². The fourth-order valence-corrected chi connectivity index (χ4v) is 1.50. The SMILES string of the molecule is COc1cc2ccc(CN)cc2nc1N. The Morgan fingerprint density at radius 3 is 2.80 bits per heavy atom. The highest BCUT2D eigenvalue weighted by atomic mass is 16.5. The van der Waals surface area contributed by atoms with Crippen LogP contribution >= 0.6 is 0 Å². The lowest BCUT2D eigenvalue weighted by Gasteiger charge is -2.06. The van der Waals surface area contributed by atoms with Gasteiger partial charge in [-0.05, 0) is 17.7 Å². The minimum Gasteiger partial charge on any atom is -0.493 e. The number of benzene rings is 1. The van der Waals surface area contributed by atoms with Crippen LogP contribution in [0.4, 0.5) is 5.82 Å². The van der Waals surface area contributed by atoms with Crippen molar-refractivity contribution in [1.82, 2.24) is 4.98 Å². The number of fused-ring (bicyclic) bond motifs is 1. The molecule has 2 rings (SSSR count). The second-order valence-electron chi connectivity index (χ2n) is 3.31. The molecule has 4 heteroatoms. The van der Waals surface area contributed by atoms with Crippen molar-refractivity contribution >= 4 is 16.7 Å². The Labute approximate surface area is 87.9 Å². The van der Waals surface area contributed by atoms with E-state index in [1.807, 2.05) is 24.3 Å². The summed E-state index contributed by atoms with van der Waals surface area (Å²) in [6, 6.07) is 7.75. The van der Waals surface area contributed by atoms with Crippen LogP contribution in [0, 0.1) is 0 Å². The molecular formula is C11H13N3O. The Morgan fingerprint density at radius 2 is 2.13 bits per heavy atom. The van der Waals surface area contributed by atoms with Crippen LogP contribution in [0.3, 0.4) is 0 Å². The van der Waals surface area contributed by atoms with Crippen molar-refractivity contribution < 1.29 is 4.74 Å². The second-order valence-corrected chi connectivity index (χ2v) is 3.31. The molecule has 0 atom stereocenters. The Bertz CT molecular complexity index is 496. The fraction of sp³-hybridized carbons (Fsp3) is 0.182. The monoisotopic (exact) mass is 203 g/mol. The van der Waals surface area contributed by atoms with E-state index in [0.717, 1.165) is 16.5 Å². The molecule has 15 heavy (non-hydrogen) atoms. The van der Waals surface area contributed by atoms with Crippen LogP contribution in [0.2, 0.25) is 0 Å². The normalized spacial score (nSPS) is 10.5. The van der Waals surface area contributed by atoms with Gasteiger partial charge in [0.1, 0.15) is 0 Å². The minimum absolute atomic E-state index is 0.402. The van der Waals surface area contributed by atoms with Gasteiger partial charge in [0.25, 0.3) is 0 Å². The molecule has 0 amide bonds. The van der Waals surface area contributed by atoms with Gasteiger partial charge in [-0.15, -0.1) is 0 Å². The van der Waals surface area contributed by atoms with Gasteiger partial charge in [0.05, 0.1) is 12.6 Å². The van der Waals surface area contributed by atoms with E-state index in [-0.39, 0.29) is 0 Å². The van der Waals surface area contributed by atoms with Gasteiger partial charge in [-0.1, -0.05) is 12.1 Å². The Kier molecular flexibility index (Phi) is 2.43.